The van der Waals surface area contributed by atoms with Crippen LogP contribution in [0.1, 0.15) is 37.8 Å². The molecule has 16 heavy (non-hydrogen) atoms. The lowest BCUT2D eigenvalue weighted by Gasteiger charge is -2.24. The molecule has 0 aliphatic heterocycles. The third kappa shape index (κ3) is 2.45. The van der Waals surface area contributed by atoms with Crippen LogP contribution in [0.2, 0.25) is 0 Å². The highest BCUT2D eigenvalue weighted by Crippen LogP contribution is 2.38. The standard InChI is InChI=1S/C14H20O2/c1-13(2,16-3)12-6-4-5-11(9-12)10-14(15)7-8-14/h4-6,9,15H,7-8,10H2,1-3H3. The molecule has 0 saturated heterocycles. The molecule has 0 heterocycles. The van der Waals surface area contributed by atoms with E-state index in [0.29, 0.717) is 0 Å². The minimum absolute atomic E-state index is 0.262. The van der Waals surface area contributed by atoms with Crippen LogP contribution in [0.4, 0.5) is 0 Å². The highest BCUT2D eigenvalue weighted by Gasteiger charge is 2.40. The number of methoxy groups -OCH3 is 1. The summed E-state index contributed by atoms with van der Waals surface area (Å²) in [5.74, 6) is 0. The van der Waals surface area contributed by atoms with Gasteiger partial charge in [0.2, 0.25) is 0 Å². The minimum Gasteiger partial charge on any atom is -0.390 e. The molecule has 2 nitrogen and oxygen atoms in total. The second-order valence-electron chi connectivity index (χ2n) is 5.32. The van der Waals surface area contributed by atoms with Gasteiger partial charge in [-0.25, -0.2) is 0 Å². The zero-order valence-electron chi connectivity index (χ0n) is 10.3. The predicted octanol–water partition coefficient (Wildman–Crippen LogP) is 2.64. The molecule has 1 saturated carbocycles. The van der Waals surface area contributed by atoms with E-state index in [1.54, 1.807) is 7.11 Å². The molecule has 0 bridgehead atoms. The molecule has 88 valence electrons. The Morgan fingerprint density at radius 3 is 2.62 bits per heavy atom. The Labute approximate surface area is 97.3 Å². The van der Waals surface area contributed by atoms with Crippen LogP contribution >= 0.6 is 0 Å². The van der Waals surface area contributed by atoms with E-state index >= 15 is 0 Å². The van der Waals surface area contributed by atoms with Crippen LogP contribution in [0.5, 0.6) is 0 Å². The third-order valence-corrected chi connectivity index (χ3v) is 3.49. The maximum absolute atomic E-state index is 9.90. The van der Waals surface area contributed by atoms with Crippen LogP contribution in [0.15, 0.2) is 24.3 Å². The Balaban J connectivity index is 2.19. The van der Waals surface area contributed by atoms with Crippen molar-refractivity contribution < 1.29 is 9.84 Å². The summed E-state index contributed by atoms with van der Waals surface area (Å²) in [5.41, 5.74) is 1.68. The van der Waals surface area contributed by atoms with E-state index in [-0.39, 0.29) is 5.60 Å². The first-order valence-electron chi connectivity index (χ1n) is 5.82. The van der Waals surface area contributed by atoms with Crippen molar-refractivity contribution in [1.82, 2.24) is 0 Å². The molecule has 1 aliphatic rings. The van der Waals surface area contributed by atoms with Crippen molar-refractivity contribution in [2.45, 2.75) is 44.3 Å². The van der Waals surface area contributed by atoms with Crippen molar-refractivity contribution in [3.63, 3.8) is 0 Å². The van der Waals surface area contributed by atoms with Gasteiger partial charge in [0.15, 0.2) is 0 Å². The second kappa shape index (κ2) is 3.86. The van der Waals surface area contributed by atoms with Gasteiger partial charge in [-0.3, -0.25) is 0 Å². The molecule has 0 unspecified atom stereocenters. The Morgan fingerprint density at radius 2 is 2.06 bits per heavy atom. The van der Waals surface area contributed by atoms with Gasteiger partial charge in [0, 0.05) is 13.5 Å². The second-order valence-corrected chi connectivity index (χ2v) is 5.32. The molecule has 0 radical (unpaired) electrons. The fourth-order valence-corrected chi connectivity index (χ4v) is 1.87. The summed E-state index contributed by atoms with van der Waals surface area (Å²) in [6, 6.07) is 8.33. The molecule has 0 spiro atoms. The van der Waals surface area contributed by atoms with Crippen LogP contribution in [0.25, 0.3) is 0 Å². The molecule has 1 aromatic carbocycles. The molecule has 2 rings (SSSR count). The Kier molecular flexibility index (Phi) is 2.81. The Bertz CT molecular complexity index is 378. The van der Waals surface area contributed by atoms with E-state index in [0.717, 1.165) is 24.8 Å². The quantitative estimate of drug-likeness (QED) is 0.845. The SMILES string of the molecule is COC(C)(C)c1cccc(CC2(O)CC2)c1. The predicted molar refractivity (Wildman–Crippen MR) is 64.4 cm³/mol. The van der Waals surface area contributed by atoms with Gasteiger partial charge in [-0.05, 0) is 37.8 Å². The zero-order valence-corrected chi connectivity index (χ0v) is 10.3. The number of rotatable bonds is 4. The van der Waals surface area contributed by atoms with Crippen molar-refractivity contribution in [3.05, 3.63) is 35.4 Å². The lowest BCUT2D eigenvalue weighted by atomic mass is 9.94. The van der Waals surface area contributed by atoms with Crippen LogP contribution in [-0.2, 0) is 16.8 Å². The van der Waals surface area contributed by atoms with Crippen LogP contribution in [0, 0.1) is 0 Å². The van der Waals surface area contributed by atoms with E-state index in [2.05, 4.69) is 32.0 Å². The lowest BCUT2D eigenvalue weighted by Crippen LogP contribution is -2.20. The van der Waals surface area contributed by atoms with Crippen molar-refractivity contribution in [3.8, 4) is 0 Å². The normalized spacial score (nSPS) is 18.5. The minimum atomic E-state index is -0.421. The highest BCUT2D eigenvalue weighted by molar-refractivity contribution is 5.29. The molecule has 1 aliphatic carbocycles. The molecule has 1 aromatic rings. The van der Waals surface area contributed by atoms with Gasteiger partial charge in [0.05, 0.1) is 11.2 Å². The summed E-state index contributed by atoms with van der Waals surface area (Å²) in [7, 11) is 1.72. The van der Waals surface area contributed by atoms with Crippen LogP contribution < -0.4 is 0 Å². The fourth-order valence-electron chi connectivity index (χ4n) is 1.87. The molecule has 0 aromatic heterocycles. The summed E-state index contributed by atoms with van der Waals surface area (Å²) in [6.45, 7) is 4.11. The molecule has 1 N–H and O–H groups in total. The fraction of sp³-hybridized carbons (Fsp3) is 0.571. The van der Waals surface area contributed by atoms with E-state index < -0.39 is 5.60 Å². The number of aliphatic hydroxyl groups is 1. The smallest absolute Gasteiger partial charge is 0.0871 e. The number of benzene rings is 1. The molecule has 0 amide bonds. The van der Waals surface area contributed by atoms with Crippen LogP contribution in [0.3, 0.4) is 0 Å². The average molecular weight is 220 g/mol. The Hall–Kier alpha value is -0.860. The molecule has 2 heteroatoms. The van der Waals surface area contributed by atoms with Crippen molar-refractivity contribution >= 4 is 0 Å². The van der Waals surface area contributed by atoms with Crippen LogP contribution in [-0.4, -0.2) is 17.8 Å². The summed E-state index contributed by atoms with van der Waals surface area (Å²) < 4.78 is 5.46. The summed E-state index contributed by atoms with van der Waals surface area (Å²) in [4.78, 5) is 0. The maximum Gasteiger partial charge on any atom is 0.0871 e. The first-order valence-corrected chi connectivity index (χ1v) is 5.82. The van der Waals surface area contributed by atoms with Crippen molar-refractivity contribution in [2.24, 2.45) is 0 Å². The maximum atomic E-state index is 9.90. The lowest BCUT2D eigenvalue weighted by molar-refractivity contribution is 0.0191. The van der Waals surface area contributed by atoms with Crippen molar-refractivity contribution in [2.75, 3.05) is 7.11 Å². The van der Waals surface area contributed by atoms with E-state index in [4.69, 9.17) is 4.74 Å². The third-order valence-electron chi connectivity index (χ3n) is 3.49. The van der Waals surface area contributed by atoms with Gasteiger partial charge in [-0.15, -0.1) is 0 Å². The summed E-state index contributed by atoms with van der Waals surface area (Å²) in [6.07, 6.45) is 2.64. The number of ether oxygens (including phenoxy) is 1. The topological polar surface area (TPSA) is 29.5 Å². The molecule has 1 fully saturated rings. The van der Waals surface area contributed by atoms with Gasteiger partial charge in [0.25, 0.3) is 0 Å². The average Bonchev–Trinajstić information content (AvgIpc) is 2.96. The molecule has 0 atom stereocenters. The van der Waals surface area contributed by atoms with Gasteiger partial charge < -0.3 is 9.84 Å². The van der Waals surface area contributed by atoms with E-state index in [1.807, 2.05) is 6.07 Å². The first kappa shape index (κ1) is 11.6. The number of hydrogen-bond acceptors (Lipinski definition) is 2. The van der Waals surface area contributed by atoms with E-state index in [9.17, 15) is 5.11 Å². The van der Waals surface area contributed by atoms with Gasteiger partial charge in [0.1, 0.15) is 0 Å². The zero-order chi connectivity index (χ0) is 11.8. The highest BCUT2D eigenvalue weighted by atomic mass is 16.5. The van der Waals surface area contributed by atoms with E-state index in [1.165, 1.54) is 5.56 Å². The molecular weight excluding hydrogens is 200 g/mol. The molecular formula is C14H20O2. The van der Waals surface area contributed by atoms with Gasteiger partial charge >= 0.3 is 0 Å². The monoisotopic (exact) mass is 220 g/mol. The summed E-state index contributed by atoms with van der Waals surface area (Å²) >= 11 is 0. The van der Waals surface area contributed by atoms with Crippen molar-refractivity contribution in [1.29, 1.82) is 0 Å². The Morgan fingerprint density at radius 1 is 1.38 bits per heavy atom. The van der Waals surface area contributed by atoms with Gasteiger partial charge in [-0.1, -0.05) is 24.3 Å². The largest absolute Gasteiger partial charge is 0.390 e. The van der Waals surface area contributed by atoms with Gasteiger partial charge in [-0.2, -0.15) is 0 Å². The summed E-state index contributed by atoms with van der Waals surface area (Å²) in [5, 5.41) is 9.90. The number of hydrogen-bond donors (Lipinski definition) is 1. The first-order chi connectivity index (χ1) is 7.45.